The zero-order chi connectivity index (χ0) is 18.1. The molecule has 0 aliphatic heterocycles. The summed E-state index contributed by atoms with van der Waals surface area (Å²) in [7, 11) is -1.65. The second kappa shape index (κ2) is 10.1. The maximum Gasteiger partial charge on any atom is 0.271 e. The molecule has 1 aromatic carbocycles. The molecule has 0 aromatic heterocycles. The summed E-state index contributed by atoms with van der Waals surface area (Å²) in [6, 6.07) is 4.57. The molecular formula is C17H31F2NOS. The molecule has 1 N–H and O–H groups in total. The molecule has 0 saturated carbocycles. The van der Waals surface area contributed by atoms with Gasteiger partial charge in [-0.1, -0.05) is 39.3 Å². The number of rotatable bonds is 3. The topological polar surface area (TPSA) is 29.1 Å². The highest BCUT2D eigenvalue weighted by Crippen LogP contribution is 2.32. The van der Waals surface area contributed by atoms with Crippen LogP contribution in [0.2, 0.25) is 0 Å². The predicted octanol–water partition coefficient (Wildman–Crippen LogP) is 5.57. The lowest BCUT2D eigenvalue weighted by Crippen LogP contribution is -2.37. The predicted molar refractivity (Wildman–Crippen MR) is 92.7 cm³/mol. The van der Waals surface area contributed by atoms with E-state index in [1.807, 2.05) is 48.5 Å². The number of hydrogen-bond donors (Lipinski definition) is 1. The second-order valence-electron chi connectivity index (χ2n) is 5.51. The van der Waals surface area contributed by atoms with Crippen LogP contribution in [0.15, 0.2) is 23.1 Å². The van der Waals surface area contributed by atoms with Crippen molar-refractivity contribution in [3.63, 3.8) is 0 Å². The van der Waals surface area contributed by atoms with E-state index in [9.17, 15) is 13.0 Å². The zero-order valence-corrected chi connectivity index (χ0v) is 16.1. The monoisotopic (exact) mass is 335 g/mol. The fraction of sp³-hybridized carbons (Fsp3) is 0.647. The molecule has 1 rings (SSSR count). The van der Waals surface area contributed by atoms with Crippen LogP contribution in [0.5, 0.6) is 0 Å². The minimum absolute atomic E-state index is 0.142. The molecule has 0 aliphatic rings. The first kappa shape index (κ1) is 23.5. The molecule has 130 valence electrons. The summed E-state index contributed by atoms with van der Waals surface area (Å²) >= 11 is 0. The van der Waals surface area contributed by atoms with Crippen LogP contribution in [0.3, 0.4) is 0 Å². The van der Waals surface area contributed by atoms with Crippen molar-refractivity contribution in [3.8, 4) is 0 Å². The van der Waals surface area contributed by atoms with Gasteiger partial charge in [-0.05, 0) is 39.8 Å². The highest BCUT2D eigenvalue weighted by atomic mass is 32.2. The van der Waals surface area contributed by atoms with E-state index in [1.54, 1.807) is 13.0 Å². The van der Waals surface area contributed by atoms with Crippen LogP contribution in [0.1, 0.15) is 66.5 Å². The van der Waals surface area contributed by atoms with E-state index >= 15 is 0 Å². The molecule has 0 spiro atoms. The van der Waals surface area contributed by atoms with Crippen molar-refractivity contribution < 1.29 is 13.0 Å². The fourth-order valence-corrected chi connectivity index (χ4v) is 2.78. The third kappa shape index (κ3) is 8.59. The Morgan fingerprint density at radius 2 is 1.45 bits per heavy atom. The van der Waals surface area contributed by atoms with Gasteiger partial charge in [0.1, 0.15) is 11.0 Å². The number of alkyl halides is 2. The van der Waals surface area contributed by atoms with Crippen molar-refractivity contribution in [1.29, 1.82) is 0 Å². The van der Waals surface area contributed by atoms with Gasteiger partial charge in [-0.15, -0.1) is 0 Å². The first-order chi connectivity index (χ1) is 10.0. The van der Waals surface area contributed by atoms with Crippen LogP contribution in [0, 0.1) is 6.92 Å². The molecule has 0 fully saturated rings. The lowest BCUT2D eigenvalue weighted by atomic mass is 10.1. The van der Waals surface area contributed by atoms with Crippen molar-refractivity contribution in [2.45, 2.75) is 78.7 Å². The summed E-state index contributed by atoms with van der Waals surface area (Å²) in [5.74, 6) is -3.00. The Morgan fingerprint density at radius 3 is 1.82 bits per heavy atom. The Morgan fingerprint density at radius 1 is 1.00 bits per heavy atom. The smallest absolute Gasteiger partial charge is 0.237 e. The first-order valence-corrected chi connectivity index (χ1v) is 8.84. The molecule has 2 nitrogen and oxygen atoms in total. The maximum atomic E-state index is 13.5. The van der Waals surface area contributed by atoms with Gasteiger partial charge in [-0.25, -0.2) is 17.7 Å². The lowest BCUT2D eigenvalue weighted by Gasteiger charge is -2.22. The van der Waals surface area contributed by atoms with Crippen LogP contribution >= 0.6 is 0 Å². The molecule has 1 unspecified atom stereocenters. The molecule has 0 heterocycles. The lowest BCUT2D eigenvalue weighted by molar-refractivity contribution is 0.0144. The third-order valence-electron chi connectivity index (χ3n) is 2.21. The van der Waals surface area contributed by atoms with E-state index in [2.05, 4.69) is 4.72 Å². The van der Waals surface area contributed by atoms with Crippen molar-refractivity contribution in [2.24, 2.45) is 0 Å². The summed E-state index contributed by atoms with van der Waals surface area (Å²) in [4.78, 5) is 0.142. The Hall–Kier alpha value is -0.810. The molecule has 22 heavy (non-hydrogen) atoms. The maximum absolute atomic E-state index is 13.5. The third-order valence-corrected chi connectivity index (χ3v) is 3.76. The van der Waals surface area contributed by atoms with Gasteiger partial charge in [0.05, 0.1) is 4.90 Å². The fourth-order valence-electron chi connectivity index (χ4n) is 1.48. The summed E-state index contributed by atoms with van der Waals surface area (Å²) in [5.41, 5.74) is 0.136. The summed E-state index contributed by atoms with van der Waals surface area (Å²) in [6.45, 7) is 16.1. The molecule has 5 heteroatoms. The Kier molecular flexibility index (Phi) is 10.7. The average Bonchev–Trinajstić information content (AvgIpc) is 2.40. The first-order valence-electron chi connectivity index (χ1n) is 7.69. The summed E-state index contributed by atoms with van der Waals surface area (Å²) in [5, 5.41) is 0. The van der Waals surface area contributed by atoms with Gasteiger partial charge < -0.3 is 0 Å². The van der Waals surface area contributed by atoms with E-state index in [1.165, 1.54) is 12.1 Å². The van der Waals surface area contributed by atoms with E-state index < -0.39 is 22.4 Å². The second-order valence-corrected chi connectivity index (χ2v) is 6.69. The molecule has 1 aromatic rings. The van der Waals surface area contributed by atoms with Gasteiger partial charge in [0.15, 0.2) is 0 Å². The number of nitrogens with one attached hydrogen (secondary N) is 1. The Bertz CT molecular complexity index is 463. The highest BCUT2D eigenvalue weighted by molar-refractivity contribution is 7.83. The van der Waals surface area contributed by atoms with Gasteiger partial charge in [-0.3, -0.25) is 0 Å². The van der Waals surface area contributed by atoms with Crippen LogP contribution in [-0.2, 0) is 16.9 Å². The SMILES string of the molecule is CC.CC.Cc1ccc(S(=O)NC(C)(C)C)c(C(C)(F)F)c1. The largest absolute Gasteiger partial charge is 0.271 e. The van der Waals surface area contributed by atoms with Crippen molar-refractivity contribution in [1.82, 2.24) is 4.72 Å². The normalized spacial score (nSPS) is 12.5. The Labute approximate surface area is 137 Å². The number of aryl methyl sites for hydroxylation is 1. The molecule has 0 amide bonds. The van der Waals surface area contributed by atoms with Crippen LogP contribution in [0.4, 0.5) is 8.78 Å². The molecule has 0 saturated heterocycles. The van der Waals surface area contributed by atoms with Gasteiger partial charge >= 0.3 is 0 Å². The quantitative estimate of drug-likeness (QED) is 0.768. The molecule has 1 atom stereocenters. The molecular weight excluding hydrogens is 304 g/mol. The van der Waals surface area contributed by atoms with Crippen LogP contribution < -0.4 is 4.72 Å². The van der Waals surface area contributed by atoms with Gasteiger partial charge in [-0.2, -0.15) is 0 Å². The van der Waals surface area contributed by atoms with Crippen LogP contribution in [-0.4, -0.2) is 9.75 Å². The summed E-state index contributed by atoms with van der Waals surface area (Å²) in [6.07, 6.45) is 0. The van der Waals surface area contributed by atoms with Crippen molar-refractivity contribution >= 4 is 11.0 Å². The summed E-state index contributed by atoms with van der Waals surface area (Å²) < 4.78 is 42.0. The van der Waals surface area contributed by atoms with Crippen LogP contribution in [0.25, 0.3) is 0 Å². The van der Waals surface area contributed by atoms with Crippen molar-refractivity contribution in [2.75, 3.05) is 0 Å². The van der Waals surface area contributed by atoms with E-state index in [0.717, 1.165) is 12.5 Å². The van der Waals surface area contributed by atoms with E-state index in [-0.39, 0.29) is 10.5 Å². The standard InChI is InChI=1S/C13H19F2NOS.2C2H6/c1-9-6-7-11(10(8-9)13(5,14)15)18(17)16-12(2,3)4;2*1-2/h6-8,16H,1-5H3;2*1-2H3. The zero-order valence-electron chi connectivity index (χ0n) is 15.3. The van der Waals surface area contributed by atoms with E-state index in [4.69, 9.17) is 0 Å². The highest BCUT2D eigenvalue weighted by Gasteiger charge is 2.30. The number of halogens is 2. The van der Waals surface area contributed by atoms with Gasteiger partial charge in [0.2, 0.25) is 0 Å². The average molecular weight is 336 g/mol. The number of hydrogen-bond acceptors (Lipinski definition) is 1. The van der Waals surface area contributed by atoms with E-state index in [0.29, 0.717) is 0 Å². The minimum Gasteiger partial charge on any atom is -0.237 e. The Balaban J connectivity index is 0. The molecule has 0 bridgehead atoms. The molecule has 0 radical (unpaired) electrons. The van der Waals surface area contributed by atoms with Gasteiger partial charge in [0, 0.05) is 18.0 Å². The minimum atomic E-state index is -3.00. The molecule has 0 aliphatic carbocycles. The van der Waals surface area contributed by atoms with Gasteiger partial charge in [0.25, 0.3) is 5.92 Å². The van der Waals surface area contributed by atoms with Crippen molar-refractivity contribution in [3.05, 3.63) is 29.3 Å². The number of benzene rings is 1.